The number of ether oxygens (including phenoxy) is 1. The Morgan fingerprint density at radius 3 is 2.64 bits per heavy atom. The first-order valence-electron chi connectivity index (χ1n) is 14.3. The van der Waals surface area contributed by atoms with E-state index in [0.717, 1.165) is 25.5 Å². The summed E-state index contributed by atoms with van der Waals surface area (Å²) in [5.41, 5.74) is 2.69. The third kappa shape index (κ3) is 6.32. The molecule has 2 aliphatic heterocycles. The van der Waals surface area contributed by atoms with Gasteiger partial charge in [-0.2, -0.15) is 28.4 Å². The molecular weight excluding hydrogens is 616 g/mol. The van der Waals surface area contributed by atoms with E-state index in [1.165, 1.54) is 24.0 Å². The maximum Gasteiger partial charge on any atom is 0.418 e. The molecule has 15 heteroatoms. The molecule has 1 aromatic carbocycles. The van der Waals surface area contributed by atoms with Crippen LogP contribution in [0.1, 0.15) is 30.4 Å². The molecule has 2 unspecified atom stereocenters. The number of amides is 1. The molecule has 2 saturated heterocycles. The zero-order chi connectivity index (χ0) is 32.6. The molecule has 0 aliphatic carbocycles. The van der Waals surface area contributed by atoms with Crippen molar-refractivity contribution in [3.8, 4) is 23.3 Å². The Hall–Kier alpha value is -4.22. The summed E-state index contributed by atoms with van der Waals surface area (Å²) in [6.45, 7) is 6.44. The molecular formula is C30H31ClF4N8O2. The van der Waals surface area contributed by atoms with Crippen LogP contribution in [-0.4, -0.2) is 82.6 Å². The molecule has 2 atom stereocenters. The number of hydrogen-bond acceptors (Lipinski definition) is 9. The molecule has 0 saturated carbocycles. The molecule has 2 aliphatic rings. The first-order chi connectivity index (χ1) is 21.3. The first kappa shape index (κ1) is 32.2. The highest BCUT2D eigenvalue weighted by Gasteiger charge is 2.39. The quantitative estimate of drug-likeness (QED) is 0.279. The van der Waals surface area contributed by atoms with E-state index in [4.69, 9.17) is 22.1 Å². The predicted octanol–water partition coefficient (Wildman–Crippen LogP) is 4.98. The van der Waals surface area contributed by atoms with Gasteiger partial charge >= 0.3 is 12.2 Å². The van der Waals surface area contributed by atoms with Gasteiger partial charge in [-0.1, -0.05) is 18.2 Å². The summed E-state index contributed by atoms with van der Waals surface area (Å²) in [6, 6.07) is 3.78. The lowest BCUT2D eigenvalue weighted by Gasteiger charge is -2.41. The number of halogens is 5. The van der Waals surface area contributed by atoms with Gasteiger partial charge in [-0.3, -0.25) is 4.79 Å². The number of nitriles is 1. The van der Waals surface area contributed by atoms with Crippen LogP contribution in [0.2, 0.25) is 5.02 Å². The summed E-state index contributed by atoms with van der Waals surface area (Å²) in [6.07, 6.45) is -1.85. The third-order valence-corrected chi connectivity index (χ3v) is 8.54. The molecule has 238 valence electrons. The Kier molecular flexibility index (Phi) is 9.04. The standard InChI is InChI=1S/C30H31ClF4N8O2/c1-4-22(44)43-11-10-42(14-17(43)7-8-36)28-19-13-20(31)23(27-24(30(33,34)35)16(2)12-21(37)38-27)25(32)26(19)39-29(40-28)45-15-18-6-5-9-41(18)3/h4,12-13,17-18H,1,5-7,9-11,14-15H2,2-3H3,(H2,37,38). The van der Waals surface area contributed by atoms with Gasteiger partial charge in [-0.25, -0.2) is 9.37 Å². The largest absolute Gasteiger partial charge is 0.462 e. The maximum atomic E-state index is 16.6. The second-order valence-electron chi connectivity index (χ2n) is 11.1. The van der Waals surface area contributed by atoms with Crippen LogP contribution in [0.4, 0.5) is 29.2 Å². The zero-order valence-electron chi connectivity index (χ0n) is 24.7. The number of anilines is 2. The number of benzene rings is 1. The molecule has 2 fully saturated rings. The van der Waals surface area contributed by atoms with Gasteiger partial charge in [0.2, 0.25) is 5.91 Å². The highest BCUT2D eigenvalue weighted by atomic mass is 35.5. The number of likely N-dealkylation sites (N-methyl/N-ethyl adjacent to an activating group) is 1. The molecule has 45 heavy (non-hydrogen) atoms. The van der Waals surface area contributed by atoms with Crippen molar-refractivity contribution >= 4 is 40.0 Å². The van der Waals surface area contributed by atoms with E-state index >= 15 is 4.39 Å². The molecule has 10 nitrogen and oxygen atoms in total. The lowest BCUT2D eigenvalue weighted by molar-refractivity contribution is -0.137. The van der Waals surface area contributed by atoms with Crippen molar-refractivity contribution in [2.45, 2.75) is 44.4 Å². The minimum atomic E-state index is -4.89. The average molecular weight is 647 g/mol. The van der Waals surface area contributed by atoms with Crippen LogP contribution in [-0.2, 0) is 11.0 Å². The van der Waals surface area contributed by atoms with Crippen LogP contribution in [0, 0.1) is 24.1 Å². The van der Waals surface area contributed by atoms with Crippen molar-refractivity contribution in [3.63, 3.8) is 0 Å². The number of aromatic nitrogens is 3. The van der Waals surface area contributed by atoms with Gasteiger partial charge in [0.15, 0.2) is 5.82 Å². The van der Waals surface area contributed by atoms with Gasteiger partial charge in [0.25, 0.3) is 0 Å². The van der Waals surface area contributed by atoms with Crippen LogP contribution >= 0.6 is 11.6 Å². The number of nitrogens with two attached hydrogens (primary N) is 1. The van der Waals surface area contributed by atoms with Gasteiger partial charge in [0.05, 0.1) is 40.4 Å². The predicted molar refractivity (Wildman–Crippen MR) is 161 cm³/mol. The smallest absolute Gasteiger partial charge is 0.418 e. The van der Waals surface area contributed by atoms with Crippen molar-refractivity contribution in [1.29, 1.82) is 5.26 Å². The van der Waals surface area contributed by atoms with Gasteiger partial charge < -0.3 is 25.2 Å². The Labute approximate surface area is 262 Å². The summed E-state index contributed by atoms with van der Waals surface area (Å²) < 4.78 is 65.2. The fourth-order valence-electron chi connectivity index (χ4n) is 6.02. The van der Waals surface area contributed by atoms with Crippen LogP contribution < -0.4 is 15.4 Å². The van der Waals surface area contributed by atoms with Crippen LogP contribution in [0.15, 0.2) is 24.8 Å². The number of hydrogen-bond donors (Lipinski definition) is 1. The second-order valence-corrected chi connectivity index (χ2v) is 11.6. The van der Waals surface area contributed by atoms with Gasteiger partial charge in [0, 0.05) is 31.1 Å². The van der Waals surface area contributed by atoms with Crippen molar-refractivity contribution in [2.24, 2.45) is 0 Å². The summed E-state index contributed by atoms with van der Waals surface area (Å²) in [5, 5.41) is 9.20. The Morgan fingerprint density at radius 1 is 1.24 bits per heavy atom. The number of pyridine rings is 1. The van der Waals surface area contributed by atoms with Crippen molar-refractivity contribution in [3.05, 3.63) is 46.8 Å². The van der Waals surface area contributed by atoms with Crippen molar-refractivity contribution in [1.82, 2.24) is 24.8 Å². The lowest BCUT2D eigenvalue weighted by Crippen LogP contribution is -2.55. The summed E-state index contributed by atoms with van der Waals surface area (Å²) in [5.74, 6) is -1.53. The SMILES string of the molecule is C=CC(=O)N1CCN(c2nc(OCC3CCCN3C)nc3c(F)c(-c4nc(N)cc(C)c4C(F)(F)F)c(Cl)cc23)CC1CC#N. The second kappa shape index (κ2) is 12.6. The highest BCUT2D eigenvalue weighted by molar-refractivity contribution is 6.34. The van der Waals surface area contributed by atoms with Crippen molar-refractivity contribution < 1.29 is 27.1 Å². The number of rotatable bonds is 7. The molecule has 2 aromatic heterocycles. The fourth-order valence-corrected chi connectivity index (χ4v) is 6.30. The van der Waals surface area contributed by atoms with E-state index < -0.39 is 34.9 Å². The number of fused-ring (bicyclic) bond motifs is 1. The molecule has 0 bridgehead atoms. The fraction of sp³-hybridized carbons (Fsp3) is 0.433. The Balaban J connectivity index is 1.68. The monoisotopic (exact) mass is 646 g/mol. The number of nitrogen functional groups attached to an aromatic ring is 1. The third-order valence-electron chi connectivity index (χ3n) is 8.24. The molecule has 5 rings (SSSR count). The van der Waals surface area contributed by atoms with E-state index in [1.54, 1.807) is 4.90 Å². The molecule has 0 spiro atoms. The van der Waals surface area contributed by atoms with Gasteiger partial charge in [-0.05, 0) is 57.1 Å². The number of nitrogens with zero attached hydrogens (tertiary/aromatic N) is 7. The van der Waals surface area contributed by atoms with E-state index in [2.05, 4.69) is 32.5 Å². The number of carbonyl (C=O) groups is 1. The van der Waals surface area contributed by atoms with Crippen LogP contribution in [0.5, 0.6) is 6.01 Å². The summed E-state index contributed by atoms with van der Waals surface area (Å²) in [4.78, 5) is 30.6. The Bertz CT molecular complexity index is 1700. The number of alkyl halides is 3. The minimum absolute atomic E-state index is 0.0103. The number of likely N-dealkylation sites (tertiary alicyclic amines) is 1. The number of carbonyl (C=O) groups excluding carboxylic acids is 1. The van der Waals surface area contributed by atoms with Gasteiger partial charge in [-0.15, -0.1) is 0 Å². The van der Waals surface area contributed by atoms with Crippen LogP contribution in [0.25, 0.3) is 22.2 Å². The minimum Gasteiger partial charge on any atom is -0.462 e. The average Bonchev–Trinajstić information content (AvgIpc) is 3.39. The maximum absolute atomic E-state index is 16.6. The lowest BCUT2D eigenvalue weighted by atomic mass is 9.99. The van der Waals surface area contributed by atoms with Crippen LogP contribution in [0.3, 0.4) is 0 Å². The van der Waals surface area contributed by atoms with E-state index in [1.807, 2.05) is 7.05 Å². The molecule has 0 radical (unpaired) electrons. The summed E-state index contributed by atoms with van der Waals surface area (Å²) >= 11 is 6.54. The number of aryl methyl sites for hydroxylation is 1. The summed E-state index contributed by atoms with van der Waals surface area (Å²) in [7, 11) is 1.96. The van der Waals surface area contributed by atoms with E-state index in [-0.39, 0.29) is 83.7 Å². The van der Waals surface area contributed by atoms with E-state index in [0.29, 0.717) is 0 Å². The molecule has 2 N–H and O–H groups in total. The normalized spacial score (nSPS) is 19.2. The zero-order valence-corrected chi connectivity index (χ0v) is 25.4. The van der Waals surface area contributed by atoms with Crippen molar-refractivity contribution in [2.75, 3.05) is 50.5 Å². The highest BCUT2D eigenvalue weighted by Crippen LogP contribution is 2.44. The topological polar surface area (TPSA) is 124 Å². The Morgan fingerprint density at radius 2 is 2.00 bits per heavy atom. The van der Waals surface area contributed by atoms with E-state index in [9.17, 15) is 23.2 Å². The first-order valence-corrected chi connectivity index (χ1v) is 14.6. The molecule has 1 amide bonds. The molecule has 4 heterocycles. The number of piperazine rings is 1. The van der Waals surface area contributed by atoms with Gasteiger partial charge in [0.1, 0.15) is 23.8 Å². The molecule has 3 aromatic rings.